The Morgan fingerprint density at radius 3 is 2.51 bits per heavy atom. The molecule has 0 spiro atoms. The third-order valence-electron chi connectivity index (χ3n) is 7.32. The van der Waals surface area contributed by atoms with Crippen LogP contribution < -0.4 is 5.32 Å². The second-order valence-corrected chi connectivity index (χ2v) is 9.83. The fraction of sp³-hybridized carbons (Fsp3) is 0.241. The molecule has 39 heavy (non-hydrogen) atoms. The van der Waals surface area contributed by atoms with Crippen molar-refractivity contribution in [3.05, 3.63) is 99.6 Å². The summed E-state index contributed by atoms with van der Waals surface area (Å²) in [6.07, 6.45) is -4.02. The summed E-state index contributed by atoms with van der Waals surface area (Å²) in [5, 5.41) is 11.5. The molecule has 6 rings (SSSR count). The van der Waals surface area contributed by atoms with E-state index in [2.05, 4.69) is 20.5 Å². The molecule has 0 unspecified atom stereocenters. The largest absolute Gasteiger partial charge is 0.433 e. The SMILES string of the molecule is Cc1ccccc1Cn1nc(C)c(NC(=O)c2cc3nc4c(c(C(F)(F)F)n3n2)CCc2ccccc2-4)c1C. The van der Waals surface area contributed by atoms with Crippen LogP contribution in [0.25, 0.3) is 16.9 Å². The average Bonchev–Trinajstić information content (AvgIpc) is 3.44. The predicted molar refractivity (Wildman–Crippen MR) is 141 cm³/mol. The minimum Gasteiger partial charge on any atom is -0.317 e. The summed E-state index contributed by atoms with van der Waals surface area (Å²) in [5.41, 5.74) is 4.95. The number of hydrogen-bond acceptors (Lipinski definition) is 4. The van der Waals surface area contributed by atoms with E-state index in [1.165, 1.54) is 6.07 Å². The van der Waals surface area contributed by atoms with E-state index in [1.54, 1.807) is 23.7 Å². The molecule has 0 aliphatic heterocycles. The number of hydrogen-bond donors (Lipinski definition) is 1. The second-order valence-electron chi connectivity index (χ2n) is 9.83. The zero-order valence-electron chi connectivity index (χ0n) is 21.6. The van der Waals surface area contributed by atoms with Crippen molar-refractivity contribution in [2.24, 2.45) is 0 Å². The highest BCUT2D eigenvalue weighted by molar-refractivity contribution is 6.04. The zero-order chi connectivity index (χ0) is 27.5. The van der Waals surface area contributed by atoms with Crippen LogP contribution in [0.15, 0.2) is 54.6 Å². The Hall–Kier alpha value is -4.47. The number of rotatable bonds is 4. The number of benzene rings is 2. The van der Waals surface area contributed by atoms with E-state index in [9.17, 15) is 18.0 Å². The molecule has 3 aromatic heterocycles. The van der Waals surface area contributed by atoms with E-state index >= 15 is 0 Å². The average molecular weight is 531 g/mol. The van der Waals surface area contributed by atoms with Crippen LogP contribution in [-0.4, -0.2) is 30.3 Å². The van der Waals surface area contributed by atoms with Gasteiger partial charge in [0.05, 0.1) is 29.3 Å². The number of nitrogens with zero attached hydrogens (tertiary/aromatic N) is 5. The lowest BCUT2D eigenvalue weighted by Crippen LogP contribution is -2.21. The Bertz CT molecular complexity index is 1770. The number of alkyl halides is 3. The first kappa shape index (κ1) is 24.8. The van der Waals surface area contributed by atoms with Gasteiger partial charge in [-0.25, -0.2) is 9.50 Å². The Labute approximate surface area is 222 Å². The van der Waals surface area contributed by atoms with Gasteiger partial charge in [-0.3, -0.25) is 9.48 Å². The summed E-state index contributed by atoms with van der Waals surface area (Å²) in [7, 11) is 0. The molecule has 1 amide bonds. The lowest BCUT2D eigenvalue weighted by molar-refractivity contribution is -0.143. The highest BCUT2D eigenvalue weighted by Gasteiger charge is 2.40. The van der Waals surface area contributed by atoms with Crippen LogP contribution >= 0.6 is 0 Å². The molecule has 0 radical (unpaired) electrons. The summed E-state index contributed by atoms with van der Waals surface area (Å²) in [5.74, 6) is -0.631. The predicted octanol–water partition coefficient (Wildman–Crippen LogP) is 5.94. The van der Waals surface area contributed by atoms with Crippen LogP contribution in [0.1, 0.15) is 49.8 Å². The van der Waals surface area contributed by atoms with Gasteiger partial charge in [-0.1, -0.05) is 48.5 Å². The smallest absolute Gasteiger partial charge is 0.317 e. The van der Waals surface area contributed by atoms with Crippen LogP contribution in [0.3, 0.4) is 0 Å². The molecule has 1 aliphatic carbocycles. The molecule has 0 saturated carbocycles. The van der Waals surface area contributed by atoms with Crippen LogP contribution in [0, 0.1) is 20.8 Å². The number of aryl methyl sites for hydroxylation is 3. The molecule has 0 saturated heterocycles. The maximum absolute atomic E-state index is 14.4. The number of aromatic nitrogens is 5. The van der Waals surface area contributed by atoms with Gasteiger partial charge in [0.1, 0.15) is 0 Å². The Morgan fingerprint density at radius 1 is 1.00 bits per heavy atom. The van der Waals surface area contributed by atoms with Crippen molar-refractivity contribution in [1.82, 2.24) is 24.4 Å². The van der Waals surface area contributed by atoms with Crippen LogP contribution in [0.2, 0.25) is 0 Å². The van der Waals surface area contributed by atoms with E-state index in [-0.39, 0.29) is 29.0 Å². The number of carbonyl (C=O) groups is 1. The Morgan fingerprint density at radius 2 is 1.74 bits per heavy atom. The lowest BCUT2D eigenvalue weighted by Gasteiger charge is -2.23. The molecule has 0 bridgehead atoms. The molecular formula is C29H25F3N6O. The summed E-state index contributed by atoms with van der Waals surface area (Å²) >= 11 is 0. The standard InChI is InChI=1S/C29H25F3N6O/c1-16-8-4-5-10-20(16)15-37-18(3)25(17(2)35-37)34-28(39)23-14-24-33-26-21-11-7-6-9-19(21)12-13-22(26)27(29(30,31)32)38(24)36-23/h4-11,14H,12-13,15H2,1-3H3,(H,34,39). The maximum atomic E-state index is 14.4. The van der Waals surface area contributed by atoms with E-state index in [0.717, 1.165) is 26.9 Å². The molecular weight excluding hydrogens is 505 g/mol. The molecule has 0 atom stereocenters. The summed E-state index contributed by atoms with van der Waals surface area (Å²) in [4.78, 5) is 17.8. The van der Waals surface area contributed by atoms with Crippen molar-refractivity contribution in [1.29, 1.82) is 0 Å². The molecule has 0 fully saturated rings. The molecule has 1 aliphatic rings. The van der Waals surface area contributed by atoms with Crippen molar-refractivity contribution < 1.29 is 18.0 Å². The van der Waals surface area contributed by atoms with E-state index in [4.69, 9.17) is 0 Å². The van der Waals surface area contributed by atoms with Crippen molar-refractivity contribution in [2.45, 2.75) is 46.3 Å². The fourth-order valence-corrected chi connectivity index (χ4v) is 5.29. The highest BCUT2D eigenvalue weighted by atomic mass is 19.4. The number of anilines is 1. The molecule has 7 nitrogen and oxygen atoms in total. The third kappa shape index (κ3) is 4.25. The van der Waals surface area contributed by atoms with Gasteiger partial charge in [0.15, 0.2) is 17.0 Å². The van der Waals surface area contributed by atoms with Crippen molar-refractivity contribution >= 4 is 17.2 Å². The highest BCUT2D eigenvalue weighted by Crippen LogP contribution is 2.40. The van der Waals surface area contributed by atoms with Gasteiger partial charge in [-0.2, -0.15) is 23.4 Å². The van der Waals surface area contributed by atoms with Crippen molar-refractivity contribution in [3.8, 4) is 11.3 Å². The first-order valence-electron chi connectivity index (χ1n) is 12.6. The van der Waals surface area contributed by atoms with Gasteiger partial charge >= 0.3 is 6.18 Å². The normalized spacial score (nSPS) is 12.9. The first-order chi connectivity index (χ1) is 18.6. The molecule has 2 aromatic carbocycles. The topological polar surface area (TPSA) is 77.1 Å². The van der Waals surface area contributed by atoms with Gasteiger partial charge in [-0.15, -0.1) is 0 Å². The number of carbonyl (C=O) groups excluding carboxylic acids is 1. The summed E-state index contributed by atoms with van der Waals surface area (Å²) in [6.45, 7) is 6.16. The van der Waals surface area contributed by atoms with Gasteiger partial charge in [-0.05, 0) is 50.3 Å². The molecule has 10 heteroatoms. The molecule has 198 valence electrons. The number of amides is 1. The zero-order valence-corrected chi connectivity index (χ0v) is 21.6. The Kier molecular flexibility index (Phi) is 5.78. The third-order valence-corrected chi connectivity index (χ3v) is 7.32. The van der Waals surface area contributed by atoms with Crippen molar-refractivity contribution in [3.63, 3.8) is 0 Å². The van der Waals surface area contributed by atoms with Gasteiger partial charge < -0.3 is 5.32 Å². The van der Waals surface area contributed by atoms with E-state index < -0.39 is 17.8 Å². The number of nitrogens with one attached hydrogen (secondary N) is 1. The quantitative estimate of drug-likeness (QED) is 0.312. The summed E-state index contributed by atoms with van der Waals surface area (Å²) in [6, 6.07) is 16.6. The van der Waals surface area contributed by atoms with Crippen molar-refractivity contribution in [2.75, 3.05) is 5.32 Å². The minimum absolute atomic E-state index is 0.0355. The van der Waals surface area contributed by atoms with Crippen LogP contribution in [-0.2, 0) is 25.6 Å². The number of fused-ring (bicyclic) bond motifs is 4. The molecule has 5 aromatic rings. The van der Waals surface area contributed by atoms with E-state index in [1.807, 2.05) is 50.2 Å². The fourth-order valence-electron chi connectivity index (χ4n) is 5.29. The maximum Gasteiger partial charge on any atom is 0.433 e. The monoisotopic (exact) mass is 530 g/mol. The molecule has 1 N–H and O–H groups in total. The van der Waals surface area contributed by atoms with Gasteiger partial charge in [0.2, 0.25) is 0 Å². The number of halogens is 3. The first-order valence-corrected chi connectivity index (χ1v) is 12.6. The lowest BCUT2D eigenvalue weighted by atomic mass is 9.88. The van der Waals surface area contributed by atoms with Crippen LogP contribution in [0.5, 0.6) is 0 Å². The van der Waals surface area contributed by atoms with Gasteiger partial charge in [0, 0.05) is 17.2 Å². The second kappa shape index (κ2) is 9.07. The van der Waals surface area contributed by atoms with Crippen LogP contribution in [0.4, 0.5) is 18.9 Å². The Balaban J connectivity index is 1.38. The van der Waals surface area contributed by atoms with E-state index in [0.29, 0.717) is 29.9 Å². The molecule has 3 heterocycles. The minimum atomic E-state index is -4.68. The summed E-state index contributed by atoms with van der Waals surface area (Å²) < 4.78 is 45.6. The van der Waals surface area contributed by atoms with Gasteiger partial charge in [0.25, 0.3) is 5.91 Å².